The summed E-state index contributed by atoms with van der Waals surface area (Å²) in [6.45, 7) is 7.04. The number of carbonyl (C=O) groups is 2. The van der Waals surface area contributed by atoms with Crippen molar-refractivity contribution in [2.75, 3.05) is 0 Å². The van der Waals surface area contributed by atoms with Gasteiger partial charge in [0.2, 0.25) is 0 Å². The summed E-state index contributed by atoms with van der Waals surface area (Å²) in [6.07, 6.45) is 9.71. The minimum Gasteiger partial charge on any atom is -0.423 e. The number of rotatable bonds is 12. The lowest BCUT2D eigenvalue weighted by Gasteiger charge is -2.32. The minimum atomic E-state index is -1.06. The molecule has 124 valence electrons. The predicted octanol–water partition coefficient (Wildman–Crippen LogP) is 4.75. The van der Waals surface area contributed by atoms with E-state index >= 15 is 0 Å². The van der Waals surface area contributed by atoms with Crippen molar-refractivity contribution in [3.05, 3.63) is 0 Å². The summed E-state index contributed by atoms with van der Waals surface area (Å²) in [5.74, 6) is -1.83. The third-order valence-electron chi connectivity index (χ3n) is 3.48. The van der Waals surface area contributed by atoms with E-state index in [1.165, 1.54) is 13.8 Å². The number of ether oxygens (including phenoxy) is 2. The van der Waals surface area contributed by atoms with E-state index in [1.807, 2.05) is 0 Å². The number of hydrogen-bond acceptors (Lipinski definition) is 4. The van der Waals surface area contributed by atoms with E-state index in [0.29, 0.717) is 12.8 Å². The Labute approximate surface area is 129 Å². The molecule has 0 fully saturated rings. The average Bonchev–Trinajstić information content (AvgIpc) is 2.38. The van der Waals surface area contributed by atoms with E-state index in [2.05, 4.69) is 13.8 Å². The SMILES string of the molecule is CCCCCCC(CCCCCC)(OC(C)=O)OC(C)=O. The summed E-state index contributed by atoms with van der Waals surface area (Å²) in [6, 6.07) is 0. The minimum absolute atomic E-state index is 0.387. The first-order valence-corrected chi connectivity index (χ1v) is 8.35. The Morgan fingerprint density at radius 1 is 0.714 bits per heavy atom. The quantitative estimate of drug-likeness (QED) is 0.296. The molecule has 0 spiro atoms. The van der Waals surface area contributed by atoms with Crippen molar-refractivity contribution >= 4 is 11.9 Å². The first-order chi connectivity index (χ1) is 9.95. The molecule has 0 saturated heterocycles. The summed E-state index contributed by atoms with van der Waals surface area (Å²) in [4.78, 5) is 22.8. The van der Waals surface area contributed by atoms with Gasteiger partial charge < -0.3 is 9.47 Å². The molecule has 0 radical (unpaired) electrons. The number of hydrogen-bond donors (Lipinski definition) is 0. The lowest BCUT2D eigenvalue weighted by Crippen LogP contribution is -2.39. The Morgan fingerprint density at radius 3 is 1.38 bits per heavy atom. The Kier molecular flexibility index (Phi) is 11.0. The van der Waals surface area contributed by atoms with Crippen molar-refractivity contribution in [2.24, 2.45) is 0 Å². The maximum Gasteiger partial charge on any atom is 0.305 e. The molecule has 0 aliphatic carbocycles. The first kappa shape index (κ1) is 19.9. The van der Waals surface area contributed by atoms with E-state index in [1.54, 1.807) is 0 Å². The van der Waals surface area contributed by atoms with Crippen LogP contribution in [0.25, 0.3) is 0 Å². The normalized spacial score (nSPS) is 11.2. The molecule has 0 aromatic heterocycles. The lowest BCUT2D eigenvalue weighted by atomic mass is 9.99. The van der Waals surface area contributed by atoms with Crippen molar-refractivity contribution in [3.63, 3.8) is 0 Å². The largest absolute Gasteiger partial charge is 0.423 e. The van der Waals surface area contributed by atoms with E-state index in [9.17, 15) is 9.59 Å². The summed E-state index contributed by atoms with van der Waals surface area (Å²) in [5, 5.41) is 0. The highest BCUT2D eigenvalue weighted by Gasteiger charge is 2.36. The van der Waals surface area contributed by atoms with Crippen LogP contribution < -0.4 is 0 Å². The van der Waals surface area contributed by atoms with Crippen LogP contribution in [-0.2, 0) is 19.1 Å². The molecular formula is C17H32O4. The molecule has 0 amide bonds. The molecule has 0 aromatic rings. The van der Waals surface area contributed by atoms with E-state index in [4.69, 9.17) is 9.47 Å². The molecule has 0 bridgehead atoms. The summed E-state index contributed by atoms with van der Waals surface area (Å²) in [7, 11) is 0. The molecule has 0 aliphatic heterocycles. The molecule has 0 aliphatic rings. The van der Waals surface area contributed by atoms with Crippen LogP contribution in [0.15, 0.2) is 0 Å². The molecule has 0 aromatic carbocycles. The maximum atomic E-state index is 11.4. The van der Waals surface area contributed by atoms with Crippen molar-refractivity contribution in [1.82, 2.24) is 0 Å². The van der Waals surface area contributed by atoms with E-state index < -0.39 is 5.79 Å². The fourth-order valence-electron chi connectivity index (χ4n) is 2.52. The van der Waals surface area contributed by atoms with Crippen LogP contribution in [0.1, 0.15) is 91.9 Å². The number of carbonyl (C=O) groups excluding carboxylic acids is 2. The highest BCUT2D eigenvalue weighted by Crippen LogP contribution is 2.29. The Balaban J connectivity index is 4.67. The van der Waals surface area contributed by atoms with Gasteiger partial charge in [-0.25, -0.2) is 0 Å². The topological polar surface area (TPSA) is 52.6 Å². The van der Waals surface area contributed by atoms with E-state index in [-0.39, 0.29) is 11.9 Å². The zero-order chi connectivity index (χ0) is 16.1. The van der Waals surface area contributed by atoms with Crippen LogP contribution >= 0.6 is 0 Å². The van der Waals surface area contributed by atoms with Crippen molar-refractivity contribution in [1.29, 1.82) is 0 Å². The van der Waals surface area contributed by atoms with Gasteiger partial charge in [0, 0.05) is 26.7 Å². The van der Waals surface area contributed by atoms with Gasteiger partial charge >= 0.3 is 11.9 Å². The van der Waals surface area contributed by atoms with Gasteiger partial charge in [0.1, 0.15) is 0 Å². The molecule has 0 rings (SSSR count). The molecule has 4 nitrogen and oxygen atoms in total. The standard InChI is InChI=1S/C17H32O4/c1-5-7-9-11-13-17(20-15(3)18,21-16(4)19)14-12-10-8-6-2/h5-14H2,1-4H3. The van der Waals surface area contributed by atoms with Gasteiger partial charge in [-0.05, 0) is 12.8 Å². The summed E-state index contributed by atoms with van der Waals surface area (Å²) < 4.78 is 10.9. The van der Waals surface area contributed by atoms with Crippen LogP contribution in [-0.4, -0.2) is 17.7 Å². The third-order valence-corrected chi connectivity index (χ3v) is 3.48. The lowest BCUT2D eigenvalue weighted by molar-refractivity contribution is -0.232. The van der Waals surface area contributed by atoms with Crippen molar-refractivity contribution in [2.45, 2.75) is 97.7 Å². The molecule has 4 heteroatoms. The molecule has 21 heavy (non-hydrogen) atoms. The van der Waals surface area contributed by atoms with Gasteiger partial charge in [0.25, 0.3) is 5.79 Å². The average molecular weight is 300 g/mol. The number of unbranched alkanes of at least 4 members (excludes halogenated alkanes) is 6. The highest BCUT2D eigenvalue weighted by molar-refractivity contribution is 5.68. The second-order valence-corrected chi connectivity index (χ2v) is 5.72. The van der Waals surface area contributed by atoms with Crippen LogP contribution in [0.5, 0.6) is 0 Å². The predicted molar refractivity (Wildman–Crippen MR) is 83.8 cm³/mol. The second-order valence-electron chi connectivity index (χ2n) is 5.72. The van der Waals surface area contributed by atoms with Crippen molar-refractivity contribution in [3.8, 4) is 0 Å². The fraction of sp³-hybridized carbons (Fsp3) is 0.882. The molecule has 0 unspecified atom stereocenters. The van der Waals surface area contributed by atoms with Crippen LogP contribution in [0, 0.1) is 0 Å². The van der Waals surface area contributed by atoms with Gasteiger partial charge in [0.05, 0.1) is 0 Å². The molecular weight excluding hydrogens is 268 g/mol. The van der Waals surface area contributed by atoms with Gasteiger partial charge in [-0.2, -0.15) is 0 Å². The fourth-order valence-corrected chi connectivity index (χ4v) is 2.52. The zero-order valence-corrected chi connectivity index (χ0v) is 14.2. The highest BCUT2D eigenvalue weighted by atomic mass is 16.7. The summed E-state index contributed by atoms with van der Waals surface area (Å²) in [5.41, 5.74) is 0. The van der Waals surface area contributed by atoms with Gasteiger partial charge in [-0.3, -0.25) is 9.59 Å². The monoisotopic (exact) mass is 300 g/mol. The number of esters is 2. The van der Waals surface area contributed by atoms with Gasteiger partial charge in [0.15, 0.2) is 0 Å². The molecule has 0 heterocycles. The van der Waals surface area contributed by atoms with Crippen LogP contribution in [0.2, 0.25) is 0 Å². The van der Waals surface area contributed by atoms with Gasteiger partial charge in [-0.15, -0.1) is 0 Å². The Hall–Kier alpha value is -1.06. The second kappa shape index (κ2) is 11.6. The molecule has 0 atom stereocenters. The third kappa shape index (κ3) is 10.3. The van der Waals surface area contributed by atoms with Gasteiger partial charge in [-0.1, -0.05) is 52.4 Å². The van der Waals surface area contributed by atoms with Crippen LogP contribution in [0.4, 0.5) is 0 Å². The van der Waals surface area contributed by atoms with E-state index in [0.717, 1.165) is 51.4 Å². The van der Waals surface area contributed by atoms with Crippen LogP contribution in [0.3, 0.4) is 0 Å². The molecule has 0 saturated carbocycles. The summed E-state index contributed by atoms with van der Waals surface area (Å²) >= 11 is 0. The smallest absolute Gasteiger partial charge is 0.305 e. The first-order valence-electron chi connectivity index (χ1n) is 8.35. The van der Waals surface area contributed by atoms with Crippen molar-refractivity contribution < 1.29 is 19.1 Å². The Bertz CT molecular complexity index is 269. The maximum absolute atomic E-state index is 11.4. The Morgan fingerprint density at radius 2 is 1.10 bits per heavy atom. The molecule has 0 N–H and O–H groups in total. The zero-order valence-electron chi connectivity index (χ0n) is 14.2.